The predicted molar refractivity (Wildman–Crippen MR) is 78.6 cm³/mol. The van der Waals surface area contributed by atoms with E-state index in [0.29, 0.717) is 4.90 Å². The molecule has 1 heterocycles. The summed E-state index contributed by atoms with van der Waals surface area (Å²) in [5.74, 6) is -1.28. The first-order chi connectivity index (χ1) is 9.22. The van der Waals surface area contributed by atoms with Crippen LogP contribution in [0.25, 0.3) is 0 Å². The molecule has 0 radical (unpaired) electrons. The van der Waals surface area contributed by atoms with Gasteiger partial charge in [-0.05, 0) is 25.1 Å². The highest BCUT2D eigenvalue weighted by Crippen LogP contribution is 2.42. The number of rotatable bonds is 3. The van der Waals surface area contributed by atoms with Crippen LogP contribution in [0.5, 0.6) is 0 Å². The molecule has 0 spiro atoms. The van der Waals surface area contributed by atoms with Gasteiger partial charge in [-0.1, -0.05) is 20.8 Å². The van der Waals surface area contributed by atoms with Gasteiger partial charge in [0, 0.05) is 6.42 Å². The first kappa shape index (κ1) is 17.9. The molecule has 122 valence electrons. The Bertz CT molecular complexity index is 442. The van der Waals surface area contributed by atoms with Crippen LogP contribution in [0.3, 0.4) is 0 Å². The van der Waals surface area contributed by atoms with Crippen molar-refractivity contribution in [1.82, 2.24) is 4.90 Å². The summed E-state index contributed by atoms with van der Waals surface area (Å²) in [4.78, 5) is 23.1. The van der Waals surface area contributed by atoms with E-state index in [0.717, 1.165) is 0 Å². The molecule has 21 heavy (non-hydrogen) atoms. The number of carboxylic acids is 1. The monoisotopic (exact) mass is 319 g/mol. The lowest BCUT2D eigenvalue weighted by atomic mass is 10.1. The van der Waals surface area contributed by atoms with Gasteiger partial charge in [-0.15, -0.1) is 0 Å². The predicted octanol–water partition coefficient (Wildman–Crippen LogP) is 1.92. The second-order valence-electron chi connectivity index (χ2n) is 7.20. The molecule has 0 aliphatic carbocycles. The van der Waals surface area contributed by atoms with E-state index in [-0.39, 0.29) is 11.5 Å². The van der Waals surface area contributed by atoms with Crippen LogP contribution in [0.4, 0.5) is 4.79 Å². The van der Waals surface area contributed by atoms with Crippen molar-refractivity contribution in [1.29, 1.82) is 0 Å². The van der Waals surface area contributed by atoms with Crippen molar-refractivity contribution in [2.24, 2.45) is 0 Å². The third-order valence-electron chi connectivity index (χ3n) is 4.58. The summed E-state index contributed by atoms with van der Waals surface area (Å²) >= 11 is 0. The third-order valence-corrected chi connectivity index (χ3v) is 9.07. The molecule has 0 aromatic carbocycles. The van der Waals surface area contributed by atoms with Crippen LogP contribution in [0.2, 0.25) is 18.1 Å². The zero-order valence-electron chi connectivity index (χ0n) is 13.4. The maximum atomic E-state index is 11.3. The maximum Gasteiger partial charge on any atom is 0.410 e. The standard InChI is InChI=1S/C13H25NO6Si/c1-12(2,3)21(5,6)20-9-7-8(10(15)16)14(11(17)18)13(9,4)19/h8-9,19H,7H2,1-6H3,(H,15,16)(H,17,18)/t8?,9-,13?/m0/s1. The van der Waals surface area contributed by atoms with Crippen molar-refractivity contribution in [2.45, 2.75) is 70.1 Å². The largest absolute Gasteiger partial charge is 0.480 e. The van der Waals surface area contributed by atoms with Crippen molar-refractivity contribution >= 4 is 20.4 Å². The van der Waals surface area contributed by atoms with E-state index in [4.69, 9.17) is 4.43 Å². The van der Waals surface area contributed by atoms with Gasteiger partial charge in [0.1, 0.15) is 6.04 Å². The minimum absolute atomic E-state index is 0.0544. The number of carbonyl (C=O) groups is 2. The van der Waals surface area contributed by atoms with Gasteiger partial charge in [0.2, 0.25) is 0 Å². The Kier molecular flexibility index (Phi) is 4.49. The Hall–Kier alpha value is -1.12. The van der Waals surface area contributed by atoms with E-state index < -0.39 is 38.3 Å². The highest BCUT2D eigenvalue weighted by Gasteiger charge is 2.57. The van der Waals surface area contributed by atoms with Gasteiger partial charge in [0.15, 0.2) is 14.0 Å². The highest BCUT2D eigenvalue weighted by molar-refractivity contribution is 6.74. The van der Waals surface area contributed by atoms with Crippen LogP contribution in [0.1, 0.15) is 34.1 Å². The average Bonchev–Trinajstić information content (AvgIpc) is 2.48. The summed E-state index contributed by atoms with van der Waals surface area (Å²) in [6, 6.07) is -1.30. The number of hydrogen-bond acceptors (Lipinski definition) is 4. The minimum Gasteiger partial charge on any atom is -0.480 e. The summed E-state index contributed by atoms with van der Waals surface area (Å²) in [6.45, 7) is 11.3. The van der Waals surface area contributed by atoms with E-state index >= 15 is 0 Å². The third kappa shape index (κ3) is 3.22. The van der Waals surface area contributed by atoms with Gasteiger partial charge >= 0.3 is 12.1 Å². The smallest absolute Gasteiger partial charge is 0.410 e. The van der Waals surface area contributed by atoms with Gasteiger partial charge < -0.3 is 19.7 Å². The lowest BCUT2D eigenvalue weighted by Gasteiger charge is -2.42. The quantitative estimate of drug-likeness (QED) is 0.686. The van der Waals surface area contributed by atoms with Crippen molar-refractivity contribution in [2.75, 3.05) is 0 Å². The number of likely N-dealkylation sites (tertiary alicyclic amines) is 1. The SMILES string of the molecule is CC1(O)[C@@H](O[Si](C)(C)C(C)(C)C)CC(C(=O)O)N1C(=O)O. The van der Waals surface area contributed by atoms with Gasteiger partial charge in [-0.25, -0.2) is 9.59 Å². The Balaban J connectivity index is 3.11. The van der Waals surface area contributed by atoms with E-state index in [2.05, 4.69) is 0 Å². The van der Waals surface area contributed by atoms with Crippen molar-refractivity contribution in [3.63, 3.8) is 0 Å². The number of hydrogen-bond donors (Lipinski definition) is 3. The van der Waals surface area contributed by atoms with Gasteiger partial charge in [-0.2, -0.15) is 0 Å². The molecular formula is C13H25NO6Si. The molecule has 0 saturated carbocycles. The van der Waals surface area contributed by atoms with Crippen LogP contribution in [0, 0.1) is 0 Å². The Morgan fingerprint density at radius 3 is 2.05 bits per heavy atom. The summed E-state index contributed by atoms with van der Waals surface area (Å²) < 4.78 is 6.06. The molecule has 1 aliphatic heterocycles. The van der Waals surface area contributed by atoms with E-state index in [9.17, 15) is 24.9 Å². The van der Waals surface area contributed by atoms with E-state index in [1.807, 2.05) is 33.9 Å². The van der Waals surface area contributed by atoms with Crippen LogP contribution < -0.4 is 0 Å². The first-order valence-corrected chi connectivity index (χ1v) is 9.78. The van der Waals surface area contributed by atoms with Crippen LogP contribution >= 0.6 is 0 Å². The zero-order chi connectivity index (χ0) is 16.8. The second kappa shape index (κ2) is 5.26. The lowest BCUT2D eigenvalue weighted by Crippen LogP contribution is -2.56. The fourth-order valence-electron chi connectivity index (χ4n) is 2.23. The van der Waals surface area contributed by atoms with Gasteiger partial charge in [0.25, 0.3) is 0 Å². The van der Waals surface area contributed by atoms with E-state index in [1.165, 1.54) is 6.92 Å². The second-order valence-corrected chi connectivity index (χ2v) is 12.0. The van der Waals surface area contributed by atoms with Crippen LogP contribution in [0.15, 0.2) is 0 Å². The van der Waals surface area contributed by atoms with E-state index in [1.54, 1.807) is 0 Å². The molecule has 7 nitrogen and oxygen atoms in total. The topological polar surface area (TPSA) is 107 Å². The molecule has 3 N–H and O–H groups in total. The van der Waals surface area contributed by atoms with Gasteiger partial charge in [0.05, 0.1) is 6.10 Å². The molecule has 1 rings (SSSR count). The molecule has 3 atom stereocenters. The lowest BCUT2D eigenvalue weighted by molar-refractivity contribution is -0.150. The van der Waals surface area contributed by atoms with Gasteiger partial charge in [-0.3, -0.25) is 4.90 Å². The molecule has 8 heteroatoms. The molecule has 1 amide bonds. The fourth-order valence-corrected chi connectivity index (χ4v) is 3.62. The zero-order valence-corrected chi connectivity index (χ0v) is 14.4. The molecule has 1 saturated heterocycles. The van der Waals surface area contributed by atoms with Crippen molar-refractivity contribution < 1.29 is 29.3 Å². The molecular weight excluding hydrogens is 294 g/mol. The molecule has 2 unspecified atom stereocenters. The number of aliphatic carboxylic acids is 1. The highest BCUT2D eigenvalue weighted by atomic mass is 28.4. The number of carboxylic acid groups (broad SMARTS) is 2. The summed E-state index contributed by atoms with van der Waals surface area (Å²) in [6.07, 6.45) is -2.37. The van der Waals surface area contributed by atoms with Crippen molar-refractivity contribution in [3.8, 4) is 0 Å². The van der Waals surface area contributed by atoms with Crippen LogP contribution in [-0.4, -0.2) is 58.5 Å². The first-order valence-electron chi connectivity index (χ1n) is 6.87. The summed E-state index contributed by atoms with van der Waals surface area (Å²) in [5, 5.41) is 28.8. The number of nitrogens with zero attached hydrogens (tertiary/aromatic N) is 1. The summed E-state index contributed by atoms with van der Waals surface area (Å²) in [7, 11) is -2.26. The number of aliphatic hydroxyl groups is 1. The summed E-state index contributed by atoms with van der Waals surface area (Å²) in [5.41, 5.74) is -1.86. The Morgan fingerprint density at radius 1 is 1.29 bits per heavy atom. The Morgan fingerprint density at radius 2 is 1.76 bits per heavy atom. The van der Waals surface area contributed by atoms with Crippen LogP contribution in [-0.2, 0) is 9.22 Å². The molecule has 0 aromatic rings. The fraction of sp³-hybridized carbons (Fsp3) is 0.846. The maximum absolute atomic E-state index is 11.3. The Labute approximate surface area is 125 Å². The molecule has 1 fully saturated rings. The average molecular weight is 319 g/mol. The minimum atomic E-state index is -2.26. The normalized spacial score (nSPS) is 30.5. The molecule has 1 aliphatic rings. The van der Waals surface area contributed by atoms with Crippen molar-refractivity contribution in [3.05, 3.63) is 0 Å². The molecule has 0 bridgehead atoms. The number of amides is 1. The molecule has 0 aromatic heterocycles.